The molecule has 5 heteroatoms. The van der Waals surface area contributed by atoms with Gasteiger partial charge < -0.3 is 5.32 Å². The zero-order chi connectivity index (χ0) is 19.9. The third-order valence-corrected chi connectivity index (χ3v) is 6.55. The van der Waals surface area contributed by atoms with E-state index in [0.717, 1.165) is 24.6 Å². The van der Waals surface area contributed by atoms with Crippen molar-refractivity contribution in [3.8, 4) is 0 Å². The molecule has 4 nitrogen and oxygen atoms in total. The van der Waals surface area contributed by atoms with Crippen molar-refractivity contribution in [2.75, 3.05) is 19.6 Å². The Hall–Kier alpha value is -1.98. The first-order chi connectivity index (χ1) is 13.5. The molecule has 0 aliphatic carbocycles. The molecule has 1 unspecified atom stereocenters. The summed E-state index contributed by atoms with van der Waals surface area (Å²) in [5.41, 5.74) is 1.80. The van der Waals surface area contributed by atoms with Crippen molar-refractivity contribution in [1.82, 2.24) is 10.2 Å². The predicted molar refractivity (Wildman–Crippen MR) is 115 cm³/mol. The quantitative estimate of drug-likeness (QED) is 0.661. The van der Waals surface area contributed by atoms with E-state index in [1.165, 1.54) is 17.7 Å². The Morgan fingerprint density at radius 3 is 2.50 bits per heavy atom. The number of Topliss-reactive ketones (excluding diaryl/α,β-unsaturated/α-hetero) is 1. The number of carbonyl (C=O) groups excluding carboxylic acids is 2. The van der Waals surface area contributed by atoms with E-state index in [2.05, 4.69) is 34.7 Å². The number of ketones is 1. The van der Waals surface area contributed by atoms with Crippen molar-refractivity contribution in [2.24, 2.45) is 5.92 Å². The Bertz CT molecular complexity index is 762. The number of hydrogen-bond acceptors (Lipinski definition) is 4. The molecule has 2 heterocycles. The number of carbonyl (C=O) groups is 2. The van der Waals surface area contributed by atoms with E-state index in [4.69, 9.17) is 0 Å². The molecule has 2 aromatic rings. The van der Waals surface area contributed by atoms with Gasteiger partial charge in [0.2, 0.25) is 5.91 Å². The minimum absolute atomic E-state index is 0.0231. The summed E-state index contributed by atoms with van der Waals surface area (Å²) < 4.78 is 0. The van der Waals surface area contributed by atoms with Gasteiger partial charge in [0.1, 0.15) is 0 Å². The van der Waals surface area contributed by atoms with E-state index >= 15 is 0 Å². The monoisotopic (exact) mass is 398 g/mol. The highest BCUT2D eigenvalue weighted by Crippen LogP contribution is 2.29. The van der Waals surface area contributed by atoms with Crippen molar-refractivity contribution in [3.05, 3.63) is 57.8 Å². The number of nitrogens with one attached hydrogen (secondary N) is 1. The van der Waals surface area contributed by atoms with Crippen LogP contribution in [0, 0.1) is 12.8 Å². The normalized spacial score (nSPS) is 16.6. The van der Waals surface area contributed by atoms with Gasteiger partial charge in [-0.15, -0.1) is 11.3 Å². The van der Waals surface area contributed by atoms with Crippen molar-refractivity contribution >= 4 is 23.0 Å². The lowest BCUT2D eigenvalue weighted by molar-refractivity contribution is -0.121. The summed E-state index contributed by atoms with van der Waals surface area (Å²) in [5, 5.41) is 5.16. The lowest BCUT2D eigenvalue weighted by atomic mass is 9.97. The molecule has 0 spiro atoms. The number of piperidine rings is 1. The molecule has 0 saturated carbocycles. The van der Waals surface area contributed by atoms with Crippen LogP contribution < -0.4 is 5.32 Å². The molecular formula is C23H30N2O2S. The number of aryl methyl sites for hydroxylation is 1. The van der Waals surface area contributed by atoms with Gasteiger partial charge in [-0.2, -0.15) is 0 Å². The second-order valence-electron chi connectivity index (χ2n) is 7.84. The topological polar surface area (TPSA) is 49.4 Å². The van der Waals surface area contributed by atoms with Gasteiger partial charge >= 0.3 is 0 Å². The summed E-state index contributed by atoms with van der Waals surface area (Å²) in [6, 6.07) is 12.0. The van der Waals surface area contributed by atoms with Gasteiger partial charge in [0, 0.05) is 29.8 Å². The molecule has 0 bridgehead atoms. The first kappa shape index (κ1) is 20.7. The SMILES string of the molecule is Cc1ccc(C(=O)CCC(=O)NCC(c2cccs2)N2CCC(C)CC2)cc1. The van der Waals surface area contributed by atoms with E-state index < -0.39 is 0 Å². The summed E-state index contributed by atoms with van der Waals surface area (Å²) in [6.07, 6.45) is 2.91. The highest BCUT2D eigenvalue weighted by molar-refractivity contribution is 7.10. The number of amides is 1. The van der Waals surface area contributed by atoms with Crippen molar-refractivity contribution < 1.29 is 9.59 Å². The smallest absolute Gasteiger partial charge is 0.220 e. The minimum Gasteiger partial charge on any atom is -0.354 e. The summed E-state index contributed by atoms with van der Waals surface area (Å²) >= 11 is 1.75. The molecule has 150 valence electrons. The maximum Gasteiger partial charge on any atom is 0.220 e. The van der Waals surface area contributed by atoms with E-state index in [-0.39, 0.29) is 30.6 Å². The Balaban J connectivity index is 1.50. The fourth-order valence-electron chi connectivity index (χ4n) is 3.64. The standard InChI is InChI=1S/C23H30N2O2S/c1-17-5-7-19(8-6-17)21(26)9-10-23(27)24-16-20(22-4-3-15-28-22)25-13-11-18(2)12-14-25/h3-8,15,18,20H,9-14,16H2,1-2H3,(H,24,27). The van der Waals surface area contributed by atoms with Gasteiger partial charge in [0.05, 0.1) is 6.04 Å². The van der Waals surface area contributed by atoms with Crippen LogP contribution in [0.5, 0.6) is 0 Å². The van der Waals surface area contributed by atoms with Crippen LogP contribution in [0.2, 0.25) is 0 Å². The summed E-state index contributed by atoms with van der Waals surface area (Å²) in [5.74, 6) is 0.755. The van der Waals surface area contributed by atoms with Crippen LogP contribution >= 0.6 is 11.3 Å². The Kier molecular flexibility index (Phi) is 7.40. The number of likely N-dealkylation sites (tertiary alicyclic amines) is 1. The van der Waals surface area contributed by atoms with Crippen LogP contribution in [0.3, 0.4) is 0 Å². The van der Waals surface area contributed by atoms with E-state index in [9.17, 15) is 9.59 Å². The summed E-state index contributed by atoms with van der Waals surface area (Å²) in [6.45, 7) is 7.06. The van der Waals surface area contributed by atoms with Crippen molar-refractivity contribution in [1.29, 1.82) is 0 Å². The van der Waals surface area contributed by atoms with E-state index in [0.29, 0.717) is 12.1 Å². The van der Waals surface area contributed by atoms with Crippen LogP contribution in [0.15, 0.2) is 41.8 Å². The second kappa shape index (κ2) is 9.99. The highest BCUT2D eigenvalue weighted by Gasteiger charge is 2.25. The largest absolute Gasteiger partial charge is 0.354 e. The third-order valence-electron chi connectivity index (χ3n) is 5.58. The molecular weight excluding hydrogens is 368 g/mol. The number of hydrogen-bond donors (Lipinski definition) is 1. The van der Waals surface area contributed by atoms with Crippen LogP contribution in [-0.4, -0.2) is 36.2 Å². The molecule has 1 aromatic carbocycles. The maximum atomic E-state index is 12.4. The van der Waals surface area contributed by atoms with Gasteiger partial charge in [-0.05, 0) is 50.2 Å². The average Bonchev–Trinajstić information content (AvgIpc) is 3.22. The van der Waals surface area contributed by atoms with Crippen molar-refractivity contribution in [3.63, 3.8) is 0 Å². The Labute approximate surface area is 172 Å². The van der Waals surface area contributed by atoms with Crippen molar-refractivity contribution in [2.45, 2.75) is 45.6 Å². The van der Waals surface area contributed by atoms with Gasteiger partial charge in [-0.25, -0.2) is 0 Å². The van der Waals surface area contributed by atoms with Crippen LogP contribution in [0.1, 0.15) is 59.4 Å². The number of thiophene rings is 1. The molecule has 3 rings (SSSR count). The highest BCUT2D eigenvalue weighted by atomic mass is 32.1. The average molecular weight is 399 g/mol. The lowest BCUT2D eigenvalue weighted by Crippen LogP contribution is -2.41. The molecule has 1 atom stereocenters. The molecule has 28 heavy (non-hydrogen) atoms. The summed E-state index contributed by atoms with van der Waals surface area (Å²) in [4.78, 5) is 28.4. The first-order valence-corrected chi connectivity index (χ1v) is 11.0. The summed E-state index contributed by atoms with van der Waals surface area (Å²) in [7, 11) is 0. The van der Waals surface area contributed by atoms with Gasteiger partial charge in [0.25, 0.3) is 0 Å². The molecule has 1 amide bonds. The number of nitrogens with zero attached hydrogens (tertiary/aromatic N) is 1. The van der Waals surface area contributed by atoms with Crippen LogP contribution in [0.4, 0.5) is 0 Å². The van der Waals surface area contributed by atoms with Gasteiger partial charge in [-0.3, -0.25) is 14.5 Å². The zero-order valence-corrected chi connectivity index (χ0v) is 17.6. The third kappa shape index (κ3) is 5.76. The first-order valence-electron chi connectivity index (χ1n) is 10.2. The van der Waals surface area contributed by atoms with E-state index in [1.807, 2.05) is 31.2 Å². The molecule has 1 fully saturated rings. The van der Waals surface area contributed by atoms with Crippen LogP contribution in [-0.2, 0) is 4.79 Å². The molecule has 1 saturated heterocycles. The molecule has 1 aliphatic rings. The predicted octanol–water partition coefficient (Wildman–Crippen LogP) is 4.61. The number of rotatable bonds is 8. The maximum absolute atomic E-state index is 12.4. The Morgan fingerprint density at radius 2 is 1.86 bits per heavy atom. The second-order valence-corrected chi connectivity index (χ2v) is 8.82. The Morgan fingerprint density at radius 1 is 1.14 bits per heavy atom. The van der Waals surface area contributed by atoms with E-state index in [1.54, 1.807) is 11.3 Å². The fraction of sp³-hybridized carbons (Fsp3) is 0.478. The van der Waals surface area contributed by atoms with Gasteiger partial charge in [0.15, 0.2) is 5.78 Å². The molecule has 1 N–H and O–H groups in total. The lowest BCUT2D eigenvalue weighted by Gasteiger charge is -2.36. The molecule has 1 aromatic heterocycles. The molecule has 0 radical (unpaired) electrons. The zero-order valence-electron chi connectivity index (χ0n) is 16.8. The van der Waals surface area contributed by atoms with Crippen LogP contribution in [0.25, 0.3) is 0 Å². The molecule has 1 aliphatic heterocycles. The van der Waals surface area contributed by atoms with Gasteiger partial charge in [-0.1, -0.05) is 42.8 Å². The number of benzene rings is 1. The minimum atomic E-state index is -0.0487. The fourth-order valence-corrected chi connectivity index (χ4v) is 4.50.